The molecule has 1 N–H and O–H groups in total. The van der Waals surface area contributed by atoms with Gasteiger partial charge in [0.15, 0.2) is 0 Å². The summed E-state index contributed by atoms with van der Waals surface area (Å²) in [7, 11) is 0. The van der Waals surface area contributed by atoms with Gasteiger partial charge in [-0.25, -0.2) is 9.97 Å². The van der Waals surface area contributed by atoms with E-state index in [-0.39, 0.29) is 11.7 Å². The summed E-state index contributed by atoms with van der Waals surface area (Å²) in [6, 6.07) is 1.82. The van der Waals surface area contributed by atoms with E-state index in [1.165, 1.54) is 0 Å². The van der Waals surface area contributed by atoms with Crippen molar-refractivity contribution in [2.24, 2.45) is 0 Å². The smallest absolute Gasteiger partial charge is 0.225 e. The van der Waals surface area contributed by atoms with Crippen LogP contribution in [0.2, 0.25) is 0 Å². The monoisotopic (exact) mass is 249 g/mol. The molecule has 2 aliphatic rings. The predicted molar refractivity (Wildman–Crippen MR) is 67.4 cm³/mol. The molecule has 18 heavy (non-hydrogen) atoms. The van der Waals surface area contributed by atoms with E-state index in [4.69, 9.17) is 4.74 Å². The Labute approximate surface area is 107 Å². The molecule has 98 valence electrons. The fourth-order valence-corrected chi connectivity index (χ4v) is 2.93. The number of aromatic nitrogens is 2. The second kappa shape index (κ2) is 4.82. The van der Waals surface area contributed by atoms with Crippen LogP contribution in [-0.2, 0) is 4.74 Å². The summed E-state index contributed by atoms with van der Waals surface area (Å²) in [4.78, 5) is 10.7. The molecule has 0 bridgehead atoms. The minimum absolute atomic E-state index is 0.315. The second-order valence-corrected chi connectivity index (χ2v) is 5.11. The van der Waals surface area contributed by atoms with Crippen molar-refractivity contribution in [2.45, 2.75) is 37.4 Å². The van der Waals surface area contributed by atoms with Crippen LogP contribution in [0.4, 0.5) is 5.95 Å². The molecule has 3 rings (SSSR count). The van der Waals surface area contributed by atoms with Crippen LogP contribution in [0.3, 0.4) is 0 Å². The van der Waals surface area contributed by atoms with Gasteiger partial charge in [0.1, 0.15) is 0 Å². The Kier molecular flexibility index (Phi) is 3.18. The summed E-state index contributed by atoms with van der Waals surface area (Å²) in [6.45, 7) is 2.47. The lowest BCUT2D eigenvalue weighted by Gasteiger charge is -2.46. The normalized spacial score (nSPS) is 27.4. The first-order valence-corrected chi connectivity index (χ1v) is 6.64. The van der Waals surface area contributed by atoms with E-state index < -0.39 is 0 Å². The van der Waals surface area contributed by atoms with Gasteiger partial charge >= 0.3 is 0 Å². The van der Waals surface area contributed by atoms with E-state index in [1.807, 2.05) is 6.07 Å². The lowest BCUT2D eigenvalue weighted by atomic mass is 9.82. The van der Waals surface area contributed by atoms with Crippen molar-refractivity contribution in [2.75, 3.05) is 24.6 Å². The van der Waals surface area contributed by atoms with Crippen LogP contribution < -0.4 is 4.90 Å². The third-order valence-corrected chi connectivity index (χ3v) is 4.06. The Hall–Kier alpha value is -1.20. The molecular weight excluding hydrogens is 230 g/mol. The average Bonchev–Trinajstić information content (AvgIpc) is 2.44. The van der Waals surface area contributed by atoms with Gasteiger partial charge in [-0.1, -0.05) is 0 Å². The maximum Gasteiger partial charge on any atom is 0.225 e. The Morgan fingerprint density at radius 3 is 2.67 bits per heavy atom. The van der Waals surface area contributed by atoms with Crippen LogP contribution >= 0.6 is 0 Å². The summed E-state index contributed by atoms with van der Waals surface area (Å²) in [5, 5.41) is 10.2. The number of anilines is 1. The number of ether oxygens (including phenoxy) is 1. The number of rotatable bonds is 1. The van der Waals surface area contributed by atoms with Gasteiger partial charge in [0, 0.05) is 32.1 Å². The molecular formula is C13H19N3O2. The molecule has 5 heteroatoms. The fraction of sp³-hybridized carbons (Fsp3) is 0.692. The molecule has 3 heterocycles. The second-order valence-electron chi connectivity index (χ2n) is 5.11. The Morgan fingerprint density at radius 2 is 2.00 bits per heavy atom. The average molecular weight is 249 g/mol. The van der Waals surface area contributed by atoms with E-state index in [9.17, 15) is 5.11 Å². The molecule has 2 fully saturated rings. The van der Waals surface area contributed by atoms with Gasteiger partial charge in [-0.3, -0.25) is 0 Å². The van der Waals surface area contributed by atoms with Gasteiger partial charge in [-0.2, -0.15) is 0 Å². The van der Waals surface area contributed by atoms with Crippen molar-refractivity contribution in [3.05, 3.63) is 18.5 Å². The topological polar surface area (TPSA) is 58.5 Å². The molecule has 0 aliphatic carbocycles. The molecule has 0 radical (unpaired) electrons. The molecule has 1 unspecified atom stereocenters. The van der Waals surface area contributed by atoms with Crippen LogP contribution in [-0.4, -0.2) is 46.5 Å². The Bertz CT molecular complexity index is 390. The molecule has 2 saturated heterocycles. The third kappa shape index (κ3) is 2.08. The van der Waals surface area contributed by atoms with E-state index in [2.05, 4.69) is 14.9 Å². The van der Waals surface area contributed by atoms with Crippen molar-refractivity contribution in [1.82, 2.24) is 9.97 Å². The summed E-state index contributed by atoms with van der Waals surface area (Å²) in [5.41, 5.74) is -0.316. The highest BCUT2D eigenvalue weighted by Gasteiger charge is 2.43. The van der Waals surface area contributed by atoms with Gasteiger partial charge in [-0.05, 0) is 31.7 Å². The van der Waals surface area contributed by atoms with Crippen molar-refractivity contribution < 1.29 is 9.84 Å². The summed E-state index contributed by atoms with van der Waals surface area (Å²) >= 11 is 0. The first-order valence-electron chi connectivity index (χ1n) is 6.64. The van der Waals surface area contributed by atoms with E-state index in [0.29, 0.717) is 0 Å². The zero-order chi connectivity index (χ0) is 12.4. The van der Waals surface area contributed by atoms with Crippen molar-refractivity contribution in [1.29, 1.82) is 0 Å². The summed E-state index contributed by atoms with van der Waals surface area (Å²) in [5.74, 6) is 0.776. The predicted octanol–water partition coefficient (Wildman–Crippen LogP) is 0.987. The molecule has 0 aromatic carbocycles. The number of aliphatic hydroxyl groups excluding tert-OH is 1. The van der Waals surface area contributed by atoms with Crippen LogP contribution in [0.1, 0.15) is 25.7 Å². The third-order valence-electron chi connectivity index (χ3n) is 4.06. The quantitative estimate of drug-likeness (QED) is 0.804. The molecule has 1 spiro atoms. The van der Waals surface area contributed by atoms with Crippen LogP contribution in [0.25, 0.3) is 0 Å². The molecule has 1 aromatic rings. The summed E-state index contributed by atoms with van der Waals surface area (Å²) < 4.78 is 5.89. The Morgan fingerprint density at radius 1 is 1.28 bits per heavy atom. The van der Waals surface area contributed by atoms with Crippen LogP contribution in [0.15, 0.2) is 18.5 Å². The highest BCUT2D eigenvalue weighted by atomic mass is 16.5. The minimum atomic E-state index is -0.316. The highest BCUT2D eigenvalue weighted by Crippen LogP contribution is 2.35. The molecule has 1 atom stereocenters. The molecule has 0 amide bonds. The standard InChI is InChI=1S/C13H19N3O2/c17-11-3-1-10-18-13(11)4-8-16(9-5-13)12-14-6-2-7-15-12/h2,6-7,11,17H,1,3-5,8-10H2. The molecule has 2 aliphatic heterocycles. The Balaban J connectivity index is 1.67. The summed E-state index contributed by atoms with van der Waals surface area (Å²) in [6.07, 6.45) is 6.75. The molecule has 5 nitrogen and oxygen atoms in total. The van der Waals surface area contributed by atoms with Crippen LogP contribution in [0.5, 0.6) is 0 Å². The van der Waals surface area contributed by atoms with E-state index in [1.54, 1.807) is 12.4 Å². The fourth-order valence-electron chi connectivity index (χ4n) is 2.93. The van der Waals surface area contributed by atoms with Gasteiger partial charge in [0.25, 0.3) is 0 Å². The largest absolute Gasteiger partial charge is 0.390 e. The van der Waals surface area contributed by atoms with Gasteiger partial charge in [0.05, 0.1) is 11.7 Å². The lowest BCUT2D eigenvalue weighted by molar-refractivity contribution is -0.164. The number of aliphatic hydroxyl groups is 1. The van der Waals surface area contributed by atoms with E-state index in [0.717, 1.165) is 51.3 Å². The number of nitrogens with zero attached hydrogens (tertiary/aromatic N) is 3. The van der Waals surface area contributed by atoms with Crippen molar-refractivity contribution >= 4 is 5.95 Å². The van der Waals surface area contributed by atoms with E-state index >= 15 is 0 Å². The number of hydrogen-bond acceptors (Lipinski definition) is 5. The minimum Gasteiger partial charge on any atom is -0.390 e. The van der Waals surface area contributed by atoms with Gasteiger partial charge in [-0.15, -0.1) is 0 Å². The maximum atomic E-state index is 10.2. The zero-order valence-corrected chi connectivity index (χ0v) is 10.5. The highest BCUT2D eigenvalue weighted by molar-refractivity contribution is 5.30. The number of piperidine rings is 1. The van der Waals surface area contributed by atoms with Crippen molar-refractivity contribution in [3.63, 3.8) is 0 Å². The SMILES string of the molecule is OC1CCCOC12CCN(c1ncccn1)CC2. The zero-order valence-electron chi connectivity index (χ0n) is 10.5. The molecule has 1 aromatic heterocycles. The van der Waals surface area contributed by atoms with Gasteiger partial charge in [0.2, 0.25) is 5.95 Å². The first kappa shape index (κ1) is 11.9. The molecule has 0 saturated carbocycles. The number of hydrogen-bond donors (Lipinski definition) is 1. The maximum absolute atomic E-state index is 10.2. The lowest BCUT2D eigenvalue weighted by Crippen LogP contribution is -2.55. The van der Waals surface area contributed by atoms with Gasteiger partial charge < -0.3 is 14.7 Å². The van der Waals surface area contributed by atoms with Crippen molar-refractivity contribution in [3.8, 4) is 0 Å². The first-order chi connectivity index (χ1) is 8.80. The van der Waals surface area contributed by atoms with Crippen LogP contribution in [0, 0.1) is 0 Å².